The molecule has 18 heavy (non-hydrogen) atoms. The number of aromatic nitrogens is 1. The van der Waals surface area contributed by atoms with Crippen LogP contribution in [0, 0.1) is 0 Å². The molecule has 0 aromatic carbocycles. The number of hydrogen-bond donors (Lipinski definition) is 3. The van der Waals surface area contributed by atoms with Gasteiger partial charge in [-0.25, -0.2) is 0 Å². The Kier molecular flexibility index (Phi) is 3.74. The summed E-state index contributed by atoms with van der Waals surface area (Å²) in [5.41, 5.74) is -3.13. The molecule has 0 aliphatic heterocycles. The largest absolute Gasteiger partial charge is 0.480 e. The van der Waals surface area contributed by atoms with Gasteiger partial charge in [-0.3, -0.25) is 14.4 Å². The van der Waals surface area contributed by atoms with E-state index in [1.54, 1.807) is 0 Å². The maximum atomic E-state index is 12.2. The number of alkyl halides is 3. The van der Waals surface area contributed by atoms with Crippen molar-refractivity contribution < 1.29 is 27.9 Å². The molecule has 98 valence electrons. The molecule has 0 aliphatic carbocycles. The molecule has 9 heteroatoms. The first-order chi connectivity index (χ1) is 8.21. The van der Waals surface area contributed by atoms with Crippen molar-refractivity contribution in [2.45, 2.75) is 6.18 Å². The van der Waals surface area contributed by atoms with Crippen LogP contribution in [0.5, 0.6) is 0 Å². The molecule has 0 saturated heterocycles. The number of carboxylic acids is 1. The van der Waals surface area contributed by atoms with Crippen LogP contribution in [-0.4, -0.2) is 28.5 Å². The average molecular weight is 264 g/mol. The average Bonchev–Trinajstić information content (AvgIpc) is 2.24. The minimum atomic E-state index is -4.73. The normalized spacial score (nSPS) is 11.1. The van der Waals surface area contributed by atoms with Crippen LogP contribution in [-0.2, 0) is 11.0 Å². The first kappa shape index (κ1) is 13.7. The molecule has 0 unspecified atom stereocenters. The highest BCUT2D eigenvalue weighted by Crippen LogP contribution is 2.26. The van der Waals surface area contributed by atoms with Crippen LogP contribution in [0.25, 0.3) is 0 Å². The number of nitrogens with one attached hydrogen (secondary N) is 2. The van der Waals surface area contributed by atoms with Gasteiger partial charge in [0.15, 0.2) is 0 Å². The first-order valence-electron chi connectivity index (χ1n) is 4.52. The van der Waals surface area contributed by atoms with E-state index in [4.69, 9.17) is 5.11 Å². The van der Waals surface area contributed by atoms with Gasteiger partial charge in [0.25, 0.3) is 11.5 Å². The first-order valence-corrected chi connectivity index (χ1v) is 4.52. The van der Waals surface area contributed by atoms with Gasteiger partial charge < -0.3 is 15.4 Å². The van der Waals surface area contributed by atoms with Crippen molar-refractivity contribution in [2.24, 2.45) is 0 Å². The monoisotopic (exact) mass is 264 g/mol. The lowest BCUT2D eigenvalue weighted by molar-refractivity contribution is -0.141. The Morgan fingerprint density at radius 3 is 2.39 bits per heavy atom. The lowest BCUT2D eigenvalue weighted by Crippen LogP contribution is -2.33. The molecule has 0 radical (unpaired) electrons. The van der Waals surface area contributed by atoms with Crippen LogP contribution in [0.4, 0.5) is 13.2 Å². The Bertz CT molecular complexity index is 535. The summed E-state index contributed by atoms with van der Waals surface area (Å²) in [6, 6.07) is 1.20. The van der Waals surface area contributed by atoms with Crippen molar-refractivity contribution in [2.75, 3.05) is 6.54 Å². The van der Waals surface area contributed by atoms with Crippen molar-refractivity contribution in [3.8, 4) is 0 Å². The van der Waals surface area contributed by atoms with E-state index in [-0.39, 0.29) is 0 Å². The van der Waals surface area contributed by atoms with E-state index in [0.29, 0.717) is 12.1 Å². The van der Waals surface area contributed by atoms with E-state index in [2.05, 4.69) is 0 Å². The van der Waals surface area contributed by atoms with Gasteiger partial charge in [-0.1, -0.05) is 0 Å². The van der Waals surface area contributed by atoms with Gasteiger partial charge in [0.05, 0.1) is 0 Å². The molecule has 1 heterocycles. The number of carbonyl (C=O) groups excluding carboxylic acids is 1. The van der Waals surface area contributed by atoms with Gasteiger partial charge in [-0.05, 0) is 12.1 Å². The third-order valence-corrected chi connectivity index (χ3v) is 1.86. The molecule has 1 amide bonds. The lowest BCUT2D eigenvalue weighted by atomic mass is 10.2. The molecule has 0 aliphatic rings. The third kappa shape index (κ3) is 3.34. The highest BCUT2D eigenvalue weighted by molar-refractivity contribution is 5.95. The number of carbonyl (C=O) groups is 2. The van der Waals surface area contributed by atoms with E-state index in [1.165, 1.54) is 4.98 Å². The SMILES string of the molecule is O=C(O)CNC(=O)c1ccc(C(F)(F)F)[nH]c1=O. The van der Waals surface area contributed by atoms with E-state index in [0.717, 1.165) is 0 Å². The Balaban J connectivity index is 2.96. The lowest BCUT2D eigenvalue weighted by Gasteiger charge is -2.07. The zero-order valence-corrected chi connectivity index (χ0v) is 8.67. The second-order valence-electron chi connectivity index (χ2n) is 3.19. The number of pyridine rings is 1. The summed E-state index contributed by atoms with van der Waals surface area (Å²) in [6.45, 7) is -0.737. The highest BCUT2D eigenvalue weighted by atomic mass is 19.4. The number of hydrogen-bond acceptors (Lipinski definition) is 3. The maximum Gasteiger partial charge on any atom is 0.431 e. The Hall–Kier alpha value is -2.32. The molecule has 0 fully saturated rings. The third-order valence-electron chi connectivity index (χ3n) is 1.86. The van der Waals surface area contributed by atoms with E-state index in [1.807, 2.05) is 5.32 Å². The fourth-order valence-electron chi connectivity index (χ4n) is 1.07. The quantitative estimate of drug-likeness (QED) is 0.726. The molecule has 1 rings (SSSR count). The van der Waals surface area contributed by atoms with Crippen LogP contribution in [0.15, 0.2) is 16.9 Å². The molecular weight excluding hydrogens is 257 g/mol. The Morgan fingerprint density at radius 2 is 1.94 bits per heavy atom. The van der Waals surface area contributed by atoms with Crippen molar-refractivity contribution in [1.82, 2.24) is 10.3 Å². The number of aliphatic carboxylic acids is 1. The number of carboxylic acid groups (broad SMARTS) is 1. The minimum absolute atomic E-state index is 0.525. The molecule has 1 aromatic heterocycles. The summed E-state index contributed by atoms with van der Waals surface area (Å²) >= 11 is 0. The number of amides is 1. The minimum Gasteiger partial charge on any atom is -0.480 e. The number of rotatable bonds is 3. The van der Waals surface area contributed by atoms with Gasteiger partial charge in [0, 0.05) is 0 Å². The molecule has 0 atom stereocenters. The molecule has 3 N–H and O–H groups in total. The molecule has 0 bridgehead atoms. The predicted molar refractivity (Wildman–Crippen MR) is 52.0 cm³/mol. The number of H-pyrrole nitrogens is 1. The Morgan fingerprint density at radius 1 is 1.33 bits per heavy atom. The summed E-state index contributed by atoms with van der Waals surface area (Å²) in [6.07, 6.45) is -4.73. The van der Waals surface area contributed by atoms with Crippen LogP contribution in [0.3, 0.4) is 0 Å². The van der Waals surface area contributed by atoms with Crippen LogP contribution in [0.1, 0.15) is 16.1 Å². The predicted octanol–water partition coefficient (Wildman–Crippen LogP) is 0.208. The maximum absolute atomic E-state index is 12.2. The summed E-state index contributed by atoms with van der Waals surface area (Å²) < 4.78 is 36.6. The van der Waals surface area contributed by atoms with Crippen molar-refractivity contribution in [3.05, 3.63) is 33.7 Å². The van der Waals surface area contributed by atoms with E-state index >= 15 is 0 Å². The smallest absolute Gasteiger partial charge is 0.431 e. The van der Waals surface area contributed by atoms with Gasteiger partial charge >= 0.3 is 12.1 Å². The van der Waals surface area contributed by atoms with E-state index < -0.39 is 41.4 Å². The topological polar surface area (TPSA) is 99.3 Å². The fourth-order valence-corrected chi connectivity index (χ4v) is 1.07. The number of aromatic amines is 1. The second-order valence-corrected chi connectivity index (χ2v) is 3.19. The van der Waals surface area contributed by atoms with E-state index in [9.17, 15) is 27.6 Å². The summed E-state index contributed by atoms with van der Waals surface area (Å²) in [4.78, 5) is 34.1. The van der Waals surface area contributed by atoms with Crippen LogP contribution in [0.2, 0.25) is 0 Å². The zero-order valence-electron chi connectivity index (χ0n) is 8.67. The fraction of sp³-hybridized carbons (Fsp3) is 0.222. The molecule has 0 spiro atoms. The molecule has 1 aromatic rings. The van der Waals surface area contributed by atoms with Gasteiger partial charge in [-0.2, -0.15) is 13.2 Å². The van der Waals surface area contributed by atoms with Gasteiger partial charge in [0.1, 0.15) is 17.8 Å². The summed E-state index contributed by atoms with van der Waals surface area (Å²) in [5, 5.41) is 10.1. The summed E-state index contributed by atoms with van der Waals surface area (Å²) in [5.74, 6) is -2.40. The van der Waals surface area contributed by atoms with Crippen LogP contribution >= 0.6 is 0 Å². The van der Waals surface area contributed by atoms with Crippen molar-refractivity contribution in [1.29, 1.82) is 0 Å². The van der Waals surface area contributed by atoms with Crippen molar-refractivity contribution in [3.63, 3.8) is 0 Å². The Labute approximate surface area is 97.4 Å². The molecule has 6 nitrogen and oxygen atoms in total. The second kappa shape index (κ2) is 4.90. The molecule has 0 saturated carbocycles. The van der Waals surface area contributed by atoms with Crippen LogP contribution < -0.4 is 10.9 Å². The number of halogens is 3. The standard InChI is InChI=1S/C9H7F3N2O4/c10-9(11,12)5-2-1-4(8(18)14-5)7(17)13-3-6(15)16/h1-2H,3H2,(H,13,17)(H,14,18)(H,15,16). The highest BCUT2D eigenvalue weighted by Gasteiger charge is 2.32. The summed E-state index contributed by atoms with van der Waals surface area (Å²) in [7, 11) is 0. The molecular formula is C9H7F3N2O4. The van der Waals surface area contributed by atoms with Gasteiger partial charge in [0.2, 0.25) is 0 Å². The van der Waals surface area contributed by atoms with Crippen molar-refractivity contribution >= 4 is 11.9 Å². The van der Waals surface area contributed by atoms with Gasteiger partial charge in [-0.15, -0.1) is 0 Å². The zero-order chi connectivity index (χ0) is 13.9.